The van der Waals surface area contributed by atoms with Crippen LogP contribution in [0.4, 0.5) is 4.39 Å². The molecule has 1 N–H and O–H groups in total. The van der Waals surface area contributed by atoms with Gasteiger partial charge in [0.05, 0.1) is 11.7 Å². The number of piperidine rings is 2. The predicted molar refractivity (Wildman–Crippen MR) is 105 cm³/mol. The number of likely N-dealkylation sites (tertiary alicyclic amines) is 1. The van der Waals surface area contributed by atoms with Gasteiger partial charge in [0.2, 0.25) is 0 Å². The van der Waals surface area contributed by atoms with E-state index in [1.165, 1.54) is 6.07 Å². The van der Waals surface area contributed by atoms with E-state index in [-0.39, 0.29) is 11.7 Å². The van der Waals surface area contributed by atoms with Crippen LogP contribution in [0.5, 0.6) is 0 Å². The lowest BCUT2D eigenvalue weighted by molar-refractivity contribution is 0.0683. The third-order valence-corrected chi connectivity index (χ3v) is 6.10. The van der Waals surface area contributed by atoms with Crippen LogP contribution in [0.25, 0.3) is 0 Å². The molecule has 3 heterocycles. The van der Waals surface area contributed by atoms with Gasteiger partial charge in [0.1, 0.15) is 5.82 Å². The van der Waals surface area contributed by atoms with Gasteiger partial charge in [-0.15, -0.1) is 5.10 Å². The van der Waals surface area contributed by atoms with E-state index < -0.39 is 0 Å². The molecule has 1 aromatic heterocycles. The topological polar surface area (TPSA) is 63.1 Å². The molecule has 0 unspecified atom stereocenters. The Morgan fingerprint density at radius 1 is 1.21 bits per heavy atom. The van der Waals surface area contributed by atoms with Gasteiger partial charge in [-0.05, 0) is 75.7 Å². The van der Waals surface area contributed by atoms with Crippen LogP contribution in [0.2, 0.25) is 0 Å². The first kappa shape index (κ1) is 19.1. The van der Waals surface area contributed by atoms with E-state index in [0.717, 1.165) is 69.5 Å². The van der Waals surface area contributed by atoms with Gasteiger partial charge >= 0.3 is 0 Å². The molecule has 0 radical (unpaired) electrons. The summed E-state index contributed by atoms with van der Waals surface area (Å²) in [6.07, 6.45) is 4.77. The molecule has 0 atom stereocenters. The predicted octanol–water partition coefficient (Wildman–Crippen LogP) is 2.75. The zero-order valence-corrected chi connectivity index (χ0v) is 16.4. The highest BCUT2D eigenvalue weighted by Gasteiger charge is 2.28. The summed E-state index contributed by atoms with van der Waals surface area (Å²) < 4.78 is 15.3. The standard InChI is InChI=1S/C21H28FN5O/c1-15-20(24-25-27(15)19-5-9-23-10-6-19)21(28)26-11-7-16(8-12-26)13-17-3-2-4-18(22)14-17/h2-4,14,16,19,23H,5-13H2,1H3. The van der Waals surface area contributed by atoms with Crippen molar-refractivity contribution in [2.75, 3.05) is 26.2 Å². The molecule has 0 saturated carbocycles. The molecular formula is C21H28FN5O. The van der Waals surface area contributed by atoms with Crippen molar-refractivity contribution in [1.82, 2.24) is 25.2 Å². The highest BCUT2D eigenvalue weighted by molar-refractivity contribution is 5.93. The molecule has 28 heavy (non-hydrogen) atoms. The van der Waals surface area contributed by atoms with Crippen LogP contribution in [0.3, 0.4) is 0 Å². The lowest BCUT2D eigenvalue weighted by atomic mass is 9.90. The number of halogens is 1. The molecule has 0 aliphatic carbocycles. The minimum Gasteiger partial charge on any atom is -0.337 e. The average molecular weight is 385 g/mol. The molecule has 2 aliphatic rings. The number of aromatic nitrogens is 3. The first-order valence-corrected chi connectivity index (χ1v) is 10.3. The summed E-state index contributed by atoms with van der Waals surface area (Å²) in [5, 5.41) is 11.9. The first-order valence-electron chi connectivity index (χ1n) is 10.3. The fraction of sp³-hybridized carbons (Fsp3) is 0.571. The minimum absolute atomic E-state index is 0.0121. The Morgan fingerprint density at radius 2 is 1.96 bits per heavy atom. The highest BCUT2D eigenvalue weighted by Crippen LogP contribution is 2.25. The molecule has 0 spiro atoms. The van der Waals surface area contributed by atoms with Crippen molar-refractivity contribution >= 4 is 5.91 Å². The summed E-state index contributed by atoms with van der Waals surface area (Å²) in [6, 6.07) is 7.15. The summed E-state index contributed by atoms with van der Waals surface area (Å²) in [5.74, 6) is 0.289. The Balaban J connectivity index is 1.36. The second kappa shape index (κ2) is 8.39. The summed E-state index contributed by atoms with van der Waals surface area (Å²) in [7, 11) is 0. The van der Waals surface area contributed by atoms with Gasteiger partial charge in [0.25, 0.3) is 5.91 Å². The number of benzene rings is 1. The largest absolute Gasteiger partial charge is 0.337 e. The number of carbonyl (C=O) groups is 1. The van der Waals surface area contributed by atoms with Gasteiger partial charge in [-0.25, -0.2) is 9.07 Å². The highest BCUT2D eigenvalue weighted by atomic mass is 19.1. The quantitative estimate of drug-likeness (QED) is 0.879. The smallest absolute Gasteiger partial charge is 0.276 e. The van der Waals surface area contributed by atoms with E-state index in [0.29, 0.717) is 17.7 Å². The van der Waals surface area contributed by atoms with Crippen LogP contribution in [0.1, 0.15) is 53.5 Å². The minimum atomic E-state index is -0.183. The van der Waals surface area contributed by atoms with Gasteiger partial charge in [-0.2, -0.15) is 0 Å². The van der Waals surface area contributed by atoms with E-state index in [2.05, 4.69) is 15.6 Å². The van der Waals surface area contributed by atoms with Crippen molar-refractivity contribution < 1.29 is 9.18 Å². The zero-order chi connectivity index (χ0) is 19.5. The second-order valence-electron chi connectivity index (χ2n) is 8.02. The molecule has 2 aromatic rings. The molecule has 150 valence electrons. The number of hydrogen-bond donors (Lipinski definition) is 1. The van der Waals surface area contributed by atoms with Crippen molar-refractivity contribution in [3.05, 3.63) is 47.0 Å². The van der Waals surface area contributed by atoms with Crippen LogP contribution in [0, 0.1) is 18.7 Å². The molecular weight excluding hydrogens is 357 g/mol. The molecule has 1 aromatic carbocycles. The fourth-order valence-electron chi connectivity index (χ4n) is 4.42. The van der Waals surface area contributed by atoms with E-state index in [1.54, 1.807) is 12.1 Å². The molecule has 4 rings (SSSR count). The number of carbonyl (C=O) groups excluding carboxylic acids is 1. The van der Waals surface area contributed by atoms with Crippen LogP contribution in [0.15, 0.2) is 24.3 Å². The van der Waals surface area contributed by atoms with Crippen LogP contribution >= 0.6 is 0 Å². The van der Waals surface area contributed by atoms with Crippen molar-refractivity contribution in [3.63, 3.8) is 0 Å². The van der Waals surface area contributed by atoms with E-state index in [4.69, 9.17) is 0 Å². The third kappa shape index (κ3) is 4.09. The van der Waals surface area contributed by atoms with E-state index >= 15 is 0 Å². The summed E-state index contributed by atoms with van der Waals surface area (Å²) in [5.41, 5.74) is 2.39. The van der Waals surface area contributed by atoms with Gasteiger partial charge in [0.15, 0.2) is 5.69 Å². The van der Waals surface area contributed by atoms with Crippen LogP contribution in [-0.4, -0.2) is 52.0 Å². The normalized spacial score (nSPS) is 19.1. The summed E-state index contributed by atoms with van der Waals surface area (Å²) >= 11 is 0. The number of nitrogens with one attached hydrogen (secondary N) is 1. The zero-order valence-electron chi connectivity index (χ0n) is 16.4. The molecule has 6 nitrogen and oxygen atoms in total. The van der Waals surface area contributed by atoms with E-state index in [1.807, 2.05) is 22.6 Å². The van der Waals surface area contributed by atoms with Crippen molar-refractivity contribution in [1.29, 1.82) is 0 Å². The molecule has 2 aliphatic heterocycles. The van der Waals surface area contributed by atoms with Gasteiger partial charge in [-0.1, -0.05) is 17.3 Å². The Hall–Kier alpha value is -2.28. The molecule has 2 fully saturated rings. The summed E-state index contributed by atoms with van der Waals surface area (Å²) in [4.78, 5) is 14.9. The second-order valence-corrected chi connectivity index (χ2v) is 8.02. The number of amides is 1. The molecule has 7 heteroatoms. The maximum Gasteiger partial charge on any atom is 0.276 e. The van der Waals surface area contributed by atoms with E-state index in [9.17, 15) is 9.18 Å². The van der Waals surface area contributed by atoms with Crippen LogP contribution < -0.4 is 5.32 Å². The lowest BCUT2D eigenvalue weighted by Crippen LogP contribution is -2.39. The number of rotatable bonds is 4. The number of hydrogen-bond acceptors (Lipinski definition) is 4. The summed E-state index contributed by atoms with van der Waals surface area (Å²) in [6.45, 7) is 5.35. The van der Waals surface area contributed by atoms with Crippen LogP contribution in [-0.2, 0) is 6.42 Å². The maximum absolute atomic E-state index is 13.4. The first-order chi connectivity index (χ1) is 13.6. The Morgan fingerprint density at radius 3 is 2.68 bits per heavy atom. The lowest BCUT2D eigenvalue weighted by Gasteiger charge is -2.31. The number of nitrogens with zero attached hydrogens (tertiary/aromatic N) is 4. The SMILES string of the molecule is Cc1c(C(=O)N2CCC(Cc3cccc(F)c3)CC2)nnn1C1CCNCC1. The van der Waals surface area contributed by atoms with Gasteiger partial charge < -0.3 is 10.2 Å². The molecule has 1 amide bonds. The molecule has 2 saturated heterocycles. The monoisotopic (exact) mass is 385 g/mol. The van der Waals surface area contributed by atoms with Crippen molar-refractivity contribution in [3.8, 4) is 0 Å². The maximum atomic E-state index is 13.4. The average Bonchev–Trinajstić information content (AvgIpc) is 3.10. The van der Waals surface area contributed by atoms with Crippen molar-refractivity contribution in [2.24, 2.45) is 5.92 Å². The Labute approximate surface area is 165 Å². The Bertz CT molecular complexity index is 822. The third-order valence-electron chi connectivity index (χ3n) is 6.10. The fourth-order valence-corrected chi connectivity index (χ4v) is 4.42. The van der Waals surface area contributed by atoms with Gasteiger partial charge in [0, 0.05) is 13.1 Å². The molecule has 0 bridgehead atoms. The Kier molecular flexibility index (Phi) is 5.71. The van der Waals surface area contributed by atoms with Crippen molar-refractivity contribution in [2.45, 2.75) is 45.1 Å². The van der Waals surface area contributed by atoms with Gasteiger partial charge in [-0.3, -0.25) is 4.79 Å².